The lowest BCUT2D eigenvalue weighted by molar-refractivity contribution is 0.570. The van der Waals surface area contributed by atoms with E-state index in [0.717, 1.165) is 10.5 Å². The number of sulfonamides is 1. The number of nitrogens with two attached hydrogens (primary N) is 1. The van der Waals surface area contributed by atoms with Crippen LogP contribution in [0.2, 0.25) is 0 Å². The van der Waals surface area contributed by atoms with Gasteiger partial charge >= 0.3 is 0 Å². The summed E-state index contributed by atoms with van der Waals surface area (Å²) in [6.45, 7) is 4.42. The van der Waals surface area contributed by atoms with Crippen molar-refractivity contribution in [1.82, 2.24) is 4.72 Å². The van der Waals surface area contributed by atoms with Gasteiger partial charge in [0.15, 0.2) is 0 Å². The maximum absolute atomic E-state index is 12.5. The number of hydrogen-bond acceptors (Lipinski definition) is 4. The molecule has 1 atom stereocenters. The van der Waals surface area contributed by atoms with Crippen molar-refractivity contribution in [3.8, 4) is 0 Å². The van der Waals surface area contributed by atoms with Gasteiger partial charge in [0.05, 0.1) is 4.90 Å². The van der Waals surface area contributed by atoms with Crippen LogP contribution in [0.3, 0.4) is 0 Å². The molecule has 0 fully saturated rings. The van der Waals surface area contributed by atoms with E-state index in [9.17, 15) is 8.42 Å². The van der Waals surface area contributed by atoms with E-state index in [-0.39, 0.29) is 12.6 Å². The Morgan fingerprint density at radius 3 is 2.21 bits per heavy atom. The molecule has 130 valence electrons. The molecular formula is C18H24N2O2S2. The van der Waals surface area contributed by atoms with Gasteiger partial charge in [-0.15, -0.1) is 11.8 Å². The highest BCUT2D eigenvalue weighted by atomic mass is 32.2. The highest BCUT2D eigenvalue weighted by Gasteiger charge is 2.19. The minimum atomic E-state index is -3.58. The molecule has 0 saturated carbocycles. The molecule has 2 aromatic carbocycles. The first-order chi connectivity index (χ1) is 11.3. The minimum absolute atomic E-state index is 0.159. The monoisotopic (exact) mass is 364 g/mol. The zero-order valence-corrected chi connectivity index (χ0v) is 15.8. The SMILES string of the molecule is CSc1ccccc1S(=O)(=O)NCC(N)c1ccc(C(C)C)cc1. The summed E-state index contributed by atoms with van der Waals surface area (Å²) in [7, 11) is -3.58. The summed E-state index contributed by atoms with van der Waals surface area (Å²) in [5.74, 6) is 0.455. The third-order valence-electron chi connectivity index (χ3n) is 3.88. The fraction of sp³-hybridized carbons (Fsp3) is 0.333. The van der Waals surface area contributed by atoms with Crippen molar-refractivity contribution < 1.29 is 8.42 Å². The summed E-state index contributed by atoms with van der Waals surface area (Å²) in [6, 6.07) is 14.6. The lowest BCUT2D eigenvalue weighted by Crippen LogP contribution is -2.32. The van der Waals surface area contributed by atoms with Crippen LogP contribution in [0, 0.1) is 0 Å². The third-order valence-corrected chi connectivity index (χ3v) is 6.29. The Bertz CT molecular complexity index is 772. The highest BCUT2D eigenvalue weighted by molar-refractivity contribution is 7.99. The van der Waals surface area contributed by atoms with Crippen LogP contribution >= 0.6 is 11.8 Å². The summed E-state index contributed by atoms with van der Waals surface area (Å²) >= 11 is 1.41. The van der Waals surface area contributed by atoms with Crippen molar-refractivity contribution in [3.05, 3.63) is 59.7 Å². The van der Waals surface area contributed by atoms with Crippen LogP contribution in [0.15, 0.2) is 58.3 Å². The Morgan fingerprint density at radius 2 is 1.62 bits per heavy atom. The van der Waals surface area contributed by atoms with Crippen molar-refractivity contribution in [1.29, 1.82) is 0 Å². The Kier molecular flexibility index (Phi) is 6.46. The fourth-order valence-electron chi connectivity index (χ4n) is 2.36. The van der Waals surface area contributed by atoms with Crippen molar-refractivity contribution in [2.24, 2.45) is 5.73 Å². The first-order valence-electron chi connectivity index (χ1n) is 7.83. The first-order valence-corrected chi connectivity index (χ1v) is 10.5. The molecule has 0 aliphatic rings. The Balaban J connectivity index is 2.08. The average molecular weight is 365 g/mol. The second-order valence-electron chi connectivity index (χ2n) is 5.93. The normalized spacial score (nSPS) is 13.2. The molecule has 4 nitrogen and oxygen atoms in total. The molecule has 0 amide bonds. The standard InChI is InChI=1S/C18H24N2O2S2/c1-13(2)14-8-10-15(11-9-14)16(19)12-20-24(21,22)18-7-5-4-6-17(18)23-3/h4-11,13,16,20H,12,19H2,1-3H3. The topological polar surface area (TPSA) is 72.2 Å². The number of nitrogens with one attached hydrogen (secondary N) is 1. The molecule has 0 bridgehead atoms. The van der Waals surface area contributed by atoms with E-state index in [1.165, 1.54) is 17.3 Å². The summed E-state index contributed by atoms with van der Waals surface area (Å²) < 4.78 is 27.6. The van der Waals surface area contributed by atoms with Gasteiger partial charge in [-0.2, -0.15) is 0 Å². The maximum Gasteiger partial charge on any atom is 0.241 e. The van der Waals surface area contributed by atoms with Crippen LogP contribution in [0.4, 0.5) is 0 Å². The van der Waals surface area contributed by atoms with E-state index in [1.807, 2.05) is 36.6 Å². The van der Waals surface area contributed by atoms with Crippen LogP contribution < -0.4 is 10.5 Å². The fourth-order valence-corrected chi connectivity index (χ4v) is 4.57. The molecule has 1 unspecified atom stereocenters. The molecule has 0 radical (unpaired) electrons. The van der Waals surface area contributed by atoms with Crippen molar-refractivity contribution in [2.75, 3.05) is 12.8 Å². The van der Waals surface area contributed by atoms with Gasteiger partial charge in [-0.1, -0.05) is 50.2 Å². The quantitative estimate of drug-likeness (QED) is 0.738. The van der Waals surface area contributed by atoms with E-state index in [1.54, 1.807) is 18.2 Å². The second-order valence-corrected chi connectivity index (χ2v) is 8.51. The second kappa shape index (κ2) is 8.16. The number of thioether (sulfide) groups is 1. The molecule has 3 N–H and O–H groups in total. The molecular weight excluding hydrogens is 340 g/mol. The van der Waals surface area contributed by atoms with Crippen LogP contribution in [-0.4, -0.2) is 21.2 Å². The summed E-state index contributed by atoms with van der Waals surface area (Å²) in [6.07, 6.45) is 1.86. The molecule has 0 saturated heterocycles. The predicted octanol–water partition coefficient (Wildman–Crippen LogP) is 3.51. The predicted molar refractivity (Wildman–Crippen MR) is 101 cm³/mol. The van der Waals surface area contributed by atoms with Gasteiger partial charge in [-0.25, -0.2) is 13.1 Å². The van der Waals surface area contributed by atoms with Gasteiger partial charge in [-0.3, -0.25) is 0 Å². The Hall–Kier alpha value is -1.34. The molecule has 0 aliphatic carbocycles. The van der Waals surface area contributed by atoms with Gasteiger partial charge in [0.1, 0.15) is 0 Å². The molecule has 2 rings (SSSR count). The molecule has 0 spiro atoms. The smallest absolute Gasteiger partial charge is 0.241 e. The Labute approximate surface area is 148 Å². The molecule has 6 heteroatoms. The lowest BCUT2D eigenvalue weighted by atomic mass is 9.99. The number of rotatable bonds is 7. The summed E-state index contributed by atoms with van der Waals surface area (Å²) in [5.41, 5.74) is 8.30. The third kappa shape index (κ3) is 4.60. The largest absolute Gasteiger partial charge is 0.323 e. The molecule has 0 aromatic heterocycles. The van der Waals surface area contributed by atoms with Gasteiger partial charge in [0, 0.05) is 17.5 Å². The Morgan fingerprint density at radius 1 is 1.04 bits per heavy atom. The van der Waals surface area contributed by atoms with Crippen molar-refractivity contribution >= 4 is 21.8 Å². The summed E-state index contributed by atoms with van der Waals surface area (Å²) in [4.78, 5) is 1.01. The van der Waals surface area contributed by atoms with Crippen LogP contribution in [0.25, 0.3) is 0 Å². The van der Waals surface area contributed by atoms with Gasteiger partial charge < -0.3 is 5.73 Å². The number of hydrogen-bond donors (Lipinski definition) is 2. The van der Waals surface area contributed by atoms with E-state index in [4.69, 9.17) is 5.73 Å². The number of benzene rings is 2. The lowest BCUT2D eigenvalue weighted by Gasteiger charge is -2.15. The van der Waals surface area contributed by atoms with Gasteiger partial charge in [-0.05, 0) is 35.4 Å². The van der Waals surface area contributed by atoms with Crippen molar-refractivity contribution in [3.63, 3.8) is 0 Å². The van der Waals surface area contributed by atoms with E-state index >= 15 is 0 Å². The maximum atomic E-state index is 12.5. The van der Waals surface area contributed by atoms with Crippen LogP contribution in [-0.2, 0) is 10.0 Å². The first kappa shape index (κ1) is 19.0. The molecule has 0 heterocycles. The zero-order valence-electron chi connectivity index (χ0n) is 14.2. The van der Waals surface area contributed by atoms with Crippen molar-refractivity contribution in [2.45, 2.75) is 35.6 Å². The summed E-state index contributed by atoms with van der Waals surface area (Å²) in [5, 5.41) is 0. The van der Waals surface area contributed by atoms with E-state index < -0.39 is 10.0 Å². The van der Waals surface area contributed by atoms with Gasteiger partial charge in [0.2, 0.25) is 10.0 Å². The highest BCUT2D eigenvalue weighted by Crippen LogP contribution is 2.24. The molecule has 0 aliphatic heterocycles. The van der Waals surface area contributed by atoms with E-state index in [0.29, 0.717) is 10.8 Å². The van der Waals surface area contributed by atoms with Gasteiger partial charge in [0.25, 0.3) is 0 Å². The zero-order chi connectivity index (χ0) is 17.7. The molecule has 2 aromatic rings. The average Bonchev–Trinajstić information content (AvgIpc) is 2.59. The minimum Gasteiger partial charge on any atom is -0.323 e. The van der Waals surface area contributed by atoms with Crippen LogP contribution in [0.5, 0.6) is 0 Å². The van der Waals surface area contributed by atoms with E-state index in [2.05, 4.69) is 18.6 Å². The van der Waals surface area contributed by atoms with Crippen LogP contribution in [0.1, 0.15) is 36.9 Å². The molecule has 24 heavy (non-hydrogen) atoms.